The number of aromatic amines is 1. The molecule has 1 aromatic carbocycles. The lowest BCUT2D eigenvalue weighted by Gasteiger charge is -2.15. The van der Waals surface area contributed by atoms with E-state index in [1.54, 1.807) is 0 Å². The summed E-state index contributed by atoms with van der Waals surface area (Å²) in [6.07, 6.45) is 2.87. The van der Waals surface area contributed by atoms with E-state index in [1.165, 1.54) is 0 Å². The van der Waals surface area contributed by atoms with Crippen molar-refractivity contribution in [2.75, 3.05) is 20.6 Å². The summed E-state index contributed by atoms with van der Waals surface area (Å²) in [5.41, 5.74) is 7.99. The predicted molar refractivity (Wildman–Crippen MR) is 104 cm³/mol. The molecule has 3 N–H and O–H groups in total. The van der Waals surface area contributed by atoms with E-state index < -0.39 is 6.04 Å². The van der Waals surface area contributed by atoms with Crippen molar-refractivity contribution in [2.45, 2.75) is 26.3 Å². The highest BCUT2D eigenvalue weighted by molar-refractivity contribution is 5.92. The molecule has 0 aliphatic heterocycles. The van der Waals surface area contributed by atoms with Crippen LogP contribution in [0.2, 0.25) is 0 Å². The van der Waals surface area contributed by atoms with Crippen molar-refractivity contribution in [3.8, 4) is 5.75 Å². The first-order valence-electron chi connectivity index (χ1n) is 7.61. The van der Waals surface area contributed by atoms with E-state index in [0.29, 0.717) is 5.75 Å². The highest BCUT2D eigenvalue weighted by Crippen LogP contribution is 2.29. The molecular weight excluding hydrogens is 349 g/mol. The zero-order chi connectivity index (χ0) is 16.3. The van der Waals surface area contributed by atoms with Crippen LogP contribution in [0.25, 0.3) is 10.9 Å². The fourth-order valence-electron chi connectivity index (χ4n) is 2.29. The van der Waals surface area contributed by atoms with Crippen LogP contribution >= 0.6 is 24.8 Å². The minimum absolute atomic E-state index is 0. The summed E-state index contributed by atoms with van der Waals surface area (Å²) in [7, 11) is 4.08. The van der Waals surface area contributed by atoms with E-state index in [2.05, 4.69) is 9.88 Å². The molecule has 1 aromatic heterocycles. The summed E-state index contributed by atoms with van der Waals surface area (Å²) in [5.74, 6) is 0.238. The number of hydrogen-bond donors (Lipinski definition) is 2. The largest absolute Gasteiger partial charge is 0.425 e. The van der Waals surface area contributed by atoms with Gasteiger partial charge in [-0.05, 0) is 44.1 Å². The van der Waals surface area contributed by atoms with Crippen LogP contribution in [-0.2, 0) is 11.2 Å². The Labute approximate surface area is 155 Å². The summed E-state index contributed by atoms with van der Waals surface area (Å²) in [5, 5.41) is 0.966. The van der Waals surface area contributed by atoms with Crippen molar-refractivity contribution in [2.24, 2.45) is 11.7 Å². The van der Waals surface area contributed by atoms with Crippen LogP contribution in [0.5, 0.6) is 5.75 Å². The Morgan fingerprint density at radius 2 is 1.96 bits per heavy atom. The molecule has 0 aliphatic rings. The molecule has 2 rings (SSSR count). The van der Waals surface area contributed by atoms with E-state index in [-0.39, 0.29) is 36.7 Å². The molecule has 1 heterocycles. The van der Waals surface area contributed by atoms with Gasteiger partial charge in [0.25, 0.3) is 0 Å². The summed E-state index contributed by atoms with van der Waals surface area (Å²) >= 11 is 0. The van der Waals surface area contributed by atoms with Crippen LogP contribution in [0.15, 0.2) is 24.4 Å². The van der Waals surface area contributed by atoms with Gasteiger partial charge in [-0.25, -0.2) is 4.79 Å². The Hall–Kier alpha value is -1.27. The molecule has 24 heavy (non-hydrogen) atoms. The van der Waals surface area contributed by atoms with Crippen LogP contribution in [0.1, 0.15) is 19.4 Å². The van der Waals surface area contributed by atoms with Crippen molar-refractivity contribution < 1.29 is 9.53 Å². The number of benzene rings is 1. The van der Waals surface area contributed by atoms with Gasteiger partial charge in [0.15, 0.2) is 0 Å². The van der Waals surface area contributed by atoms with Crippen molar-refractivity contribution in [3.05, 3.63) is 30.0 Å². The van der Waals surface area contributed by atoms with Crippen LogP contribution < -0.4 is 10.5 Å². The maximum atomic E-state index is 12.1. The third-order valence-corrected chi connectivity index (χ3v) is 3.78. The number of nitrogens with two attached hydrogens (primary N) is 1. The van der Waals surface area contributed by atoms with E-state index in [4.69, 9.17) is 10.5 Å². The van der Waals surface area contributed by atoms with Gasteiger partial charge in [-0.1, -0.05) is 19.9 Å². The average molecular weight is 376 g/mol. The van der Waals surface area contributed by atoms with Crippen LogP contribution in [0, 0.1) is 5.92 Å². The molecular formula is C17H27Cl2N3O2. The van der Waals surface area contributed by atoms with Gasteiger partial charge in [-0.15, -0.1) is 24.8 Å². The van der Waals surface area contributed by atoms with Gasteiger partial charge >= 0.3 is 5.97 Å². The van der Waals surface area contributed by atoms with Gasteiger partial charge in [0.2, 0.25) is 0 Å². The zero-order valence-corrected chi connectivity index (χ0v) is 16.2. The predicted octanol–water partition coefficient (Wildman–Crippen LogP) is 3.00. The Morgan fingerprint density at radius 3 is 2.54 bits per heavy atom. The standard InChI is InChI=1S/C17H25N3O2.2ClH/c1-11(2)16(18)17(21)22-14-7-5-6-13-15(14)12(10-19-13)8-9-20(3)4;;/h5-7,10-11,16,19H,8-9,18H2,1-4H3;2*1H/t16-;;/m0../s1. The smallest absolute Gasteiger partial charge is 0.328 e. The molecule has 5 nitrogen and oxygen atoms in total. The fraction of sp³-hybridized carbons (Fsp3) is 0.471. The summed E-state index contributed by atoms with van der Waals surface area (Å²) < 4.78 is 5.56. The molecule has 0 saturated carbocycles. The lowest BCUT2D eigenvalue weighted by atomic mass is 10.1. The minimum Gasteiger partial charge on any atom is -0.425 e. The topological polar surface area (TPSA) is 71.4 Å². The number of hydrogen-bond acceptors (Lipinski definition) is 4. The highest BCUT2D eigenvalue weighted by atomic mass is 35.5. The lowest BCUT2D eigenvalue weighted by Crippen LogP contribution is -2.38. The first kappa shape index (κ1) is 22.7. The number of ether oxygens (including phenoxy) is 1. The van der Waals surface area contributed by atoms with E-state index >= 15 is 0 Å². The van der Waals surface area contributed by atoms with Crippen molar-refractivity contribution in [1.82, 2.24) is 9.88 Å². The van der Waals surface area contributed by atoms with Crippen LogP contribution in [0.3, 0.4) is 0 Å². The second-order valence-corrected chi connectivity index (χ2v) is 6.24. The quantitative estimate of drug-likeness (QED) is 0.601. The number of fused-ring (bicyclic) bond motifs is 1. The normalized spacial score (nSPS) is 12.0. The third kappa shape index (κ3) is 5.38. The number of carbonyl (C=O) groups excluding carboxylic acids is 1. The molecule has 0 unspecified atom stereocenters. The number of H-pyrrole nitrogens is 1. The number of halogens is 2. The molecule has 136 valence electrons. The number of carbonyl (C=O) groups is 1. The SMILES string of the molecule is CC(C)[C@H](N)C(=O)Oc1cccc2[nH]cc(CCN(C)C)c12.Cl.Cl. The number of aromatic nitrogens is 1. The average Bonchev–Trinajstić information content (AvgIpc) is 2.88. The summed E-state index contributed by atoms with van der Waals surface area (Å²) in [6.45, 7) is 4.75. The molecule has 0 fully saturated rings. The first-order chi connectivity index (χ1) is 10.4. The Morgan fingerprint density at radius 1 is 1.29 bits per heavy atom. The van der Waals surface area contributed by atoms with E-state index in [0.717, 1.165) is 29.4 Å². The lowest BCUT2D eigenvalue weighted by molar-refractivity contribution is -0.136. The number of nitrogens with zero attached hydrogens (tertiary/aromatic N) is 1. The Bertz CT molecular complexity index is 656. The molecule has 2 aromatic rings. The highest BCUT2D eigenvalue weighted by Gasteiger charge is 2.21. The van der Waals surface area contributed by atoms with E-state index in [9.17, 15) is 4.79 Å². The second-order valence-electron chi connectivity index (χ2n) is 6.24. The molecule has 0 radical (unpaired) electrons. The Kier molecular flexibility index (Phi) is 9.37. The summed E-state index contributed by atoms with van der Waals surface area (Å²) in [4.78, 5) is 17.5. The number of nitrogens with one attached hydrogen (secondary N) is 1. The zero-order valence-electron chi connectivity index (χ0n) is 14.5. The monoisotopic (exact) mass is 375 g/mol. The maximum absolute atomic E-state index is 12.1. The fourth-order valence-corrected chi connectivity index (χ4v) is 2.29. The molecule has 0 spiro atoms. The molecule has 0 bridgehead atoms. The number of rotatable bonds is 6. The van der Waals surface area contributed by atoms with E-state index in [1.807, 2.05) is 52.3 Å². The molecule has 7 heteroatoms. The molecule has 1 atom stereocenters. The number of esters is 1. The third-order valence-electron chi connectivity index (χ3n) is 3.78. The van der Waals surface area contributed by atoms with Gasteiger partial charge in [-0.2, -0.15) is 0 Å². The molecule has 0 saturated heterocycles. The van der Waals surface area contributed by atoms with Gasteiger partial charge in [-0.3, -0.25) is 0 Å². The number of likely N-dealkylation sites (N-methyl/N-ethyl adjacent to an activating group) is 1. The molecule has 0 aliphatic carbocycles. The van der Waals surface area contributed by atoms with Gasteiger partial charge in [0, 0.05) is 23.6 Å². The van der Waals surface area contributed by atoms with Crippen LogP contribution in [0.4, 0.5) is 0 Å². The van der Waals surface area contributed by atoms with Crippen molar-refractivity contribution in [1.29, 1.82) is 0 Å². The second kappa shape index (κ2) is 9.89. The van der Waals surface area contributed by atoms with Gasteiger partial charge in [0.05, 0.1) is 0 Å². The molecule has 0 amide bonds. The summed E-state index contributed by atoms with van der Waals surface area (Å²) in [6, 6.07) is 5.06. The van der Waals surface area contributed by atoms with Crippen molar-refractivity contribution in [3.63, 3.8) is 0 Å². The maximum Gasteiger partial charge on any atom is 0.328 e. The Balaban J connectivity index is 0.00000264. The van der Waals surface area contributed by atoms with Crippen molar-refractivity contribution >= 4 is 41.7 Å². The van der Waals surface area contributed by atoms with Gasteiger partial charge < -0.3 is 20.4 Å². The van der Waals surface area contributed by atoms with Gasteiger partial charge in [0.1, 0.15) is 11.8 Å². The minimum atomic E-state index is -0.612. The first-order valence-corrected chi connectivity index (χ1v) is 7.61. The van der Waals surface area contributed by atoms with Crippen LogP contribution in [-0.4, -0.2) is 42.5 Å².